The average molecular weight is 233 g/mol. The predicted molar refractivity (Wildman–Crippen MR) is 62.6 cm³/mol. The van der Waals surface area contributed by atoms with Crippen LogP contribution in [0.3, 0.4) is 0 Å². The summed E-state index contributed by atoms with van der Waals surface area (Å²) in [5.41, 5.74) is 1.46. The van der Waals surface area contributed by atoms with Gasteiger partial charge in [0.25, 0.3) is 5.91 Å². The van der Waals surface area contributed by atoms with Gasteiger partial charge >= 0.3 is 5.97 Å². The second kappa shape index (κ2) is 4.99. The zero-order valence-electron chi connectivity index (χ0n) is 9.73. The second-order valence-electron chi connectivity index (χ2n) is 4.29. The Balaban J connectivity index is 1.82. The van der Waals surface area contributed by atoms with E-state index < -0.39 is 5.97 Å². The summed E-state index contributed by atoms with van der Waals surface area (Å²) in [4.78, 5) is 22.9. The first kappa shape index (κ1) is 11.6. The standard InChI is InChI=1S/C13H15NO3/c1-9-3-2-4-10(7-9)13(16)17-8-12(15)14-11-5-6-11/h2-4,7,11H,5-6,8H2,1H3,(H,14,15). The molecule has 1 N–H and O–H groups in total. The van der Waals surface area contributed by atoms with Gasteiger partial charge in [0.05, 0.1) is 5.56 Å². The molecule has 0 bridgehead atoms. The number of nitrogens with one attached hydrogen (secondary N) is 1. The summed E-state index contributed by atoms with van der Waals surface area (Å²) in [7, 11) is 0. The van der Waals surface area contributed by atoms with Crippen molar-refractivity contribution in [2.45, 2.75) is 25.8 Å². The number of aryl methyl sites for hydroxylation is 1. The molecule has 0 heterocycles. The number of carbonyl (C=O) groups excluding carboxylic acids is 2. The first-order chi connectivity index (χ1) is 8.15. The monoisotopic (exact) mass is 233 g/mol. The Morgan fingerprint density at radius 3 is 2.82 bits per heavy atom. The van der Waals surface area contributed by atoms with E-state index in [4.69, 9.17) is 4.74 Å². The van der Waals surface area contributed by atoms with Crippen LogP contribution in [0.4, 0.5) is 0 Å². The van der Waals surface area contributed by atoms with E-state index in [0.29, 0.717) is 11.6 Å². The van der Waals surface area contributed by atoms with Crippen LogP contribution in [0.1, 0.15) is 28.8 Å². The molecule has 1 amide bonds. The van der Waals surface area contributed by atoms with E-state index >= 15 is 0 Å². The molecule has 0 unspecified atom stereocenters. The largest absolute Gasteiger partial charge is 0.452 e. The Labute approximate surface area is 100.0 Å². The minimum Gasteiger partial charge on any atom is -0.452 e. The van der Waals surface area contributed by atoms with Crippen LogP contribution in [-0.4, -0.2) is 24.5 Å². The molecule has 0 saturated heterocycles. The van der Waals surface area contributed by atoms with Crippen LogP contribution in [0.15, 0.2) is 24.3 Å². The van der Waals surface area contributed by atoms with Crippen molar-refractivity contribution < 1.29 is 14.3 Å². The molecule has 2 rings (SSSR count). The summed E-state index contributed by atoms with van der Waals surface area (Å²) in [5, 5.41) is 2.76. The zero-order valence-corrected chi connectivity index (χ0v) is 9.73. The summed E-state index contributed by atoms with van der Waals surface area (Å²) in [6.45, 7) is 1.69. The molecule has 1 aliphatic carbocycles. The van der Waals surface area contributed by atoms with Gasteiger partial charge in [-0.3, -0.25) is 4.79 Å². The number of esters is 1. The molecule has 0 spiro atoms. The Bertz CT molecular complexity index is 438. The molecular weight excluding hydrogens is 218 g/mol. The molecule has 0 aliphatic heterocycles. The van der Waals surface area contributed by atoms with E-state index in [-0.39, 0.29) is 12.5 Å². The molecular formula is C13H15NO3. The van der Waals surface area contributed by atoms with Crippen LogP contribution in [0, 0.1) is 6.92 Å². The molecule has 1 aromatic rings. The maximum Gasteiger partial charge on any atom is 0.338 e. The third-order valence-electron chi connectivity index (χ3n) is 2.53. The first-order valence-electron chi connectivity index (χ1n) is 5.68. The molecule has 90 valence electrons. The number of carbonyl (C=O) groups is 2. The fourth-order valence-electron chi connectivity index (χ4n) is 1.48. The van der Waals surface area contributed by atoms with Crippen LogP contribution in [0.25, 0.3) is 0 Å². The van der Waals surface area contributed by atoms with Gasteiger partial charge in [0, 0.05) is 6.04 Å². The molecule has 4 heteroatoms. The second-order valence-corrected chi connectivity index (χ2v) is 4.29. The van der Waals surface area contributed by atoms with Crippen molar-refractivity contribution in [3.8, 4) is 0 Å². The van der Waals surface area contributed by atoms with Gasteiger partial charge in [0.2, 0.25) is 0 Å². The van der Waals surface area contributed by atoms with Crippen LogP contribution in [0.5, 0.6) is 0 Å². The van der Waals surface area contributed by atoms with Crippen LogP contribution >= 0.6 is 0 Å². The molecule has 0 atom stereocenters. The third kappa shape index (κ3) is 3.59. The van der Waals surface area contributed by atoms with Gasteiger partial charge in [-0.2, -0.15) is 0 Å². The highest BCUT2D eigenvalue weighted by Gasteiger charge is 2.23. The normalized spacial score (nSPS) is 14.2. The summed E-state index contributed by atoms with van der Waals surface area (Å²) < 4.78 is 4.92. The van der Waals surface area contributed by atoms with E-state index in [0.717, 1.165) is 18.4 Å². The van der Waals surface area contributed by atoms with Crippen molar-refractivity contribution in [3.63, 3.8) is 0 Å². The molecule has 4 nitrogen and oxygen atoms in total. The molecule has 1 fully saturated rings. The lowest BCUT2D eigenvalue weighted by atomic mass is 10.1. The lowest BCUT2D eigenvalue weighted by Crippen LogP contribution is -2.30. The van der Waals surface area contributed by atoms with Crippen molar-refractivity contribution in [3.05, 3.63) is 35.4 Å². The van der Waals surface area contributed by atoms with E-state index in [1.807, 2.05) is 13.0 Å². The van der Waals surface area contributed by atoms with Gasteiger partial charge in [-0.05, 0) is 31.9 Å². The molecule has 1 saturated carbocycles. The highest BCUT2D eigenvalue weighted by Crippen LogP contribution is 2.18. The summed E-state index contributed by atoms with van der Waals surface area (Å²) in [6.07, 6.45) is 2.05. The van der Waals surface area contributed by atoms with Gasteiger partial charge in [-0.15, -0.1) is 0 Å². The van der Waals surface area contributed by atoms with Crippen LogP contribution in [-0.2, 0) is 9.53 Å². The summed E-state index contributed by atoms with van der Waals surface area (Å²) in [5.74, 6) is -0.687. The van der Waals surface area contributed by atoms with Crippen LogP contribution < -0.4 is 5.32 Å². The summed E-state index contributed by atoms with van der Waals surface area (Å²) in [6, 6.07) is 7.39. The lowest BCUT2D eigenvalue weighted by molar-refractivity contribution is -0.124. The fourth-order valence-corrected chi connectivity index (χ4v) is 1.48. The molecule has 17 heavy (non-hydrogen) atoms. The fraction of sp³-hybridized carbons (Fsp3) is 0.385. The molecule has 1 aliphatic rings. The SMILES string of the molecule is Cc1cccc(C(=O)OCC(=O)NC2CC2)c1. The van der Waals surface area contributed by atoms with Crippen molar-refractivity contribution in [1.29, 1.82) is 0 Å². The first-order valence-corrected chi connectivity index (χ1v) is 5.68. The van der Waals surface area contributed by atoms with Gasteiger partial charge in [0.1, 0.15) is 0 Å². The highest BCUT2D eigenvalue weighted by atomic mass is 16.5. The van der Waals surface area contributed by atoms with Gasteiger partial charge in [0.15, 0.2) is 6.61 Å². The quantitative estimate of drug-likeness (QED) is 0.800. The minimum absolute atomic E-state index is 0.205. The third-order valence-corrected chi connectivity index (χ3v) is 2.53. The van der Waals surface area contributed by atoms with Gasteiger partial charge in [-0.25, -0.2) is 4.79 Å². The number of hydrogen-bond acceptors (Lipinski definition) is 3. The van der Waals surface area contributed by atoms with Crippen molar-refractivity contribution in [2.75, 3.05) is 6.61 Å². The molecule has 0 aromatic heterocycles. The maximum atomic E-state index is 11.6. The molecule has 1 aromatic carbocycles. The predicted octanol–water partition coefficient (Wildman–Crippen LogP) is 1.43. The number of hydrogen-bond donors (Lipinski definition) is 1. The van der Waals surface area contributed by atoms with Crippen LogP contribution in [0.2, 0.25) is 0 Å². The van der Waals surface area contributed by atoms with E-state index in [2.05, 4.69) is 5.32 Å². The van der Waals surface area contributed by atoms with Gasteiger partial charge in [-0.1, -0.05) is 17.7 Å². The average Bonchev–Trinajstić information content (AvgIpc) is 3.10. The zero-order chi connectivity index (χ0) is 12.3. The highest BCUT2D eigenvalue weighted by molar-refractivity contribution is 5.91. The summed E-state index contributed by atoms with van der Waals surface area (Å²) >= 11 is 0. The smallest absolute Gasteiger partial charge is 0.338 e. The Hall–Kier alpha value is -1.84. The maximum absolute atomic E-state index is 11.6. The Morgan fingerprint density at radius 2 is 2.18 bits per heavy atom. The van der Waals surface area contributed by atoms with Crippen molar-refractivity contribution in [2.24, 2.45) is 0 Å². The molecule has 0 radical (unpaired) electrons. The van der Waals surface area contributed by atoms with E-state index in [1.165, 1.54) is 0 Å². The lowest BCUT2D eigenvalue weighted by Gasteiger charge is -2.05. The Morgan fingerprint density at radius 1 is 1.41 bits per heavy atom. The number of ether oxygens (including phenoxy) is 1. The van der Waals surface area contributed by atoms with Gasteiger partial charge < -0.3 is 10.1 Å². The van der Waals surface area contributed by atoms with Crippen molar-refractivity contribution >= 4 is 11.9 Å². The minimum atomic E-state index is -0.459. The van der Waals surface area contributed by atoms with E-state index in [1.54, 1.807) is 18.2 Å². The topological polar surface area (TPSA) is 55.4 Å². The van der Waals surface area contributed by atoms with E-state index in [9.17, 15) is 9.59 Å². The number of rotatable bonds is 4. The number of benzene rings is 1. The number of amides is 1. The van der Waals surface area contributed by atoms with Crippen molar-refractivity contribution in [1.82, 2.24) is 5.32 Å². The Kier molecular flexibility index (Phi) is 3.42.